The first-order chi connectivity index (χ1) is 10.4. The number of rotatable bonds is 5. The Labute approximate surface area is 133 Å². The zero-order chi connectivity index (χ0) is 16.3. The van der Waals surface area contributed by atoms with E-state index in [4.69, 9.17) is 4.74 Å². The molecule has 6 nitrogen and oxygen atoms in total. The van der Waals surface area contributed by atoms with Gasteiger partial charge in [-0.05, 0) is 26.0 Å². The number of hydrogen-bond donors (Lipinski definition) is 0. The predicted molar refractivity (Wildman–Crippen MR) is 86.6 cm³/mol. The summed E-state index contributed by atoms with van der Waals surface area (Å²) in [6.07, 6.45) is 1.74. The van der Waals surface area contributed by atoms with Gasteiger partial charge in [-0.3, -0.25) is 0 Å². The Kier molecular flexibility index (Phi) is 5.41. The first-order valence-electron chi connectivity index (χ1n) is 7.75. The summed E-state index contributed by atoms with van der Waals surface area (Å²) in [5.41, 5.74) is 0. The standard InChI is InChI=1S/C15H25N3O3S/c1-5-18(6-2)22(19,20)14-7-8-15(16-9-14)17-10-12(3)21-13(4)11-17/h7-9,12-13H,5-6,10-11H2,1-4H3/t12-,13-/m1/s1. The normalized spacial score (nSPS) is 23.0. The topological polar surface area (TPSA) is 62.7 Å². The number of ether oxygens (including phenoxy) is 1. The molecule has 22 heavy (non-hydrogen) atoms. The van der Waals surface area contributed by atoms with Crippen LogP contribution in [0.25, 0.3) is 0 Å². The third-order valence-corrected chi connectivity index (χ3v) is 5.84. The van der Waals surface area contributed by atoms with Crippen molar-refractivity contribution in [2.45, 2.75) is 44.8 Å². The second kappa shape index (κ2) is 6.93. The van der Waals surface area contributed by atoms with Gasteiger partial charge < -0.3 is 9.64 Å². The third-order valence-electron chi connectivity index (χ3n) is 3.81. The quantitative estimate of drug-likeness (QED) is 0.824. The van der Waals surface area contributed by atoms with E-state index >= 15 is 0 Å². The lowest BCUT2D eigenvalue weighted by molar-refractivity contribution is -0.00546. The molecule has 1 aromatic heterocycles. The van der Waals surface area contributed by atoms with Crippen LogP contribution in [-0.4, -0.2) is 56.1 Å². The molecule has 1 fully saturated rings. The summed E-state index contributed by atoms with van der Waals surface area (Å²) < 4.78 is 32.0. The van der Waals surface area contributed by atoms with Crippen LogP contribution in [0.3, 0.4) is 0 Å². The predicted octanol–water partition coefficient (Wildman–Crippen LogP) is 1.73. The fraction of sp³-hybridized carbons (Fsp3) is 0.667. The van der Waals surface area contributed by atoms with Crippen LogP contribution in [0.1, 0.15) is 27.7 Å². The highest BCUT2D eigenvalue weighted by Gasteiger charge is 2.25. The van der Waals surface area contributed by atoms with Crippen molar-refractivity contribution in [2.24, 2.45) is 0 Å². The van der Waals surface area contributed by atoms with Crippen molar-refractivity contribution in [1.82, 2.24) is 9.29 Å². The van der Waals surface area contributed by atoms with Crippen LogP contribution in [0.4, 0.5) is 5.82 Å². The molecule has 0 aromatic carbocycles. The lowest BCUT2D eigenvalue weighted by Crippen LogP contribution is -2.45. The highest BCUT2D eigenvalue weighted by Crippen LogP contribution is 2.21. The van der Waals surface area contributed by atoms with Crippen LogP contribution in [-0.2, 0) is 14.8 Å². The molecule has 0 bridgehead atoms. The Morgan fingerprint density at radius 3 is 2.27 bits per heavy atom. The Balaban J connectivity index is 2.20. The molecule has 1 saturated heterocycles. The van der Waals surface area contributed by atoms with Crippen LogP contribution >= 0.6 is 0 Å². The van der Waals surface area contributed by atoms with E-state index in [0.717, 1.165) is 18.9 Å². The van der Waals surface area contributed by atoms with Crippen molar-refractivity contribution in [2.75, 3.05) is 31.1 Å². The van der Waals surface area contributed by atoms with Crippen molar-refractivity contribution >= 4 is 15.8 Å². The molecule has 0 spiro atoms. The monoisotopic (exact) mass is 327 g/mol. The molecule has 0 saturated carbocycles. The maximum Gasteiger partial charge on any atom is 0.244 e. The number of nitrogens with zero attached hydrogens (tertiary/aromatic N) is 3. The lowest BCUT2D eigenvalue weighted by atomic mass is 10.2. The summed E-state index contributed by atoms with van der Waals surface area (Å²) >= 11 is 0. The average molecular weight is 327 g/mol. The molecule has 7 heteroatoms. The zero-order valence-corrected chi connectivity index (χ0v) is 14.5. The number of hydrogen-bond acceptors (Lipinski definition) is 5. The Morgan fingerprint density at radius 2 is 1.82 bits per heavy atom. The number of sulfonamides is 1. The van der Waals surface area contributed by atoms with E-state index in [2.05, 4.69) is 9.88 Å². The van der Waals surface area contributed by atoms with Gasteiger partial charge >= 0.3 is 0 Å². The van der Waals surface area contributed by atoms with Gasteiger partial charge in [0.15, 0.2) is 0 Å². The lowest BCUT2D eigenvalue weighted by Gasteiger charge is -2.36. The van der Waals surface area contributed by atoms with Crippen molar-refractivity contribution in [3.8, 4) is 0 Å². The van der Waals surface area contributed by atoms with Crippen molar-refractivity contribution in [1.29, 1.82) is 0 Å². The van der Waals surface area contributed by atoms with Crippen molar-refractivity contribution in [3.63, 3.8) is 0 Å². The SMILES string of the molecule is CCN(CC)S(=O)(=O)c1ccc(N2C[C@@H](C)O[C@H](C)C2)nc1. The molecule has 0 aliphatic carbocycles. The van der Waals surface area contributed by atoms with E-state index in [1.54, 1.807) is 12.1 Å². The molecule has 2 heterocycles. The van der Waals surface area contributed by atoms with Gasteiger partial charge in [-0.1, -0.05) is 13.8 Å². The van der Waals surface area contributed by atoms with Gasteiger partial charge in [-0.2, -0.15) is 4.31 Å². The maximum atomic E-state index is 12.4. The molecule has 2 rings (SSSR count). The fourth-order valence-corrected chi connectivity index (χ4v) is 4.19. The molecule has 2 atom stereocenters. The summed E-state index contributed by atoms with van der Waals surface area (Å²) in [4.78, 5) is 6.73. The smallest absolute Gasteiger partial charge is 0.244 e. The molecule has 0 amide bonds. The summed E-state index contributed by atoms with van der Waals surface area (Å²) in [7, 11) is -3.44. The molecular weight excluding hydrogens is 302 g/mol. The number of aromatic nitrogens is 1. The minimum Gasteiger partial charge on any atom is -0.372 e. The van der Waals surface area contributed by atoms with Crippen LogP contribution in [0.5, 0.6) is 0 Å². The second-order valence-corrected chi connectivity index (χ2v) is 7.54. The highest BCUT2D eigenvalue weighted by atomic mass is 32.2. The van der Waals surface area contributed by atoms with Crippen LogP contribution in [0.15, 0.2) is 23.2 Å². The summed E-state index contributed by atoms with van der Waals surface area (Å²) in [5.74, 6) is 0.792. The fourth-order valence-electron chi connectivity index (χ4n) is 2.79. The Bertz CT molecular complexity index is 575. The molecule has 0 unspecified atom stereocenters. The number of morpholine rings is 1. The van der Waals surface area contributed by atoms with Gasteiger partial charge in [-0.25, -0.2) is 13.4 Å². The van der Waals surface area contributed by atoms with E-state index in [1.165, 1.54) is 10.5 Å². The molecular formula is C15H25N3O3S. The molecule has 1 aliphatic rings. The average Bonchev–Trinajstić information content (AvgIpc) is 2.47. The minimum absolute atomic E-state index is 0.143. The van der Waals surface area contributed by atoms with Gasteiger partial charge in [0.05, 0.1) is 12.2 Å². The van der Waals surface area contributed by atoms with E-state index in [9.17, 15) is 8.42 Å². The Hall–Kier alpha value is -1.18. The third kappa shape index (κ3) is 3.59. The Morgan fingerprint density at radius 1 is 1.23 bits per heavy atom. The van der Waals surface area contributed by atoms with Crippen molar-refractivity contribution < 1.29 is 13.2 Å². The molecule has 124 valence electrons. The summed E-state index contributed by atoms with van der Waals surface area (Å²) in [6, 6.07) is 3.42. The second-order valence-electron chi connectivity index (χ2n) is 5.60. The summed E-state index contributed by atoms with van der Waals surface area (Å²) in [5, 5.41) is 0. The van der Waals surface area contributed by atoms with Gasteiger partial charge in [-0.15, -0.1) is 0 Å². The van der Waals surface area contributed by atoms with Crippen LogP contribution in [0, 0.1) is 0 Å². The first-order valence-corrected chi connectivity index (χ1v) is 9.19. The largest absolute Gasteiger partial charge is 0.372 e. The van der Waals surface area contributed by atoms with E-state index in [-0.39, 0.29) is 17.1 Å². The van der Waals surface area contributed by atoms with Crippen LogP contribution < -0.4 is 4.90 Å². The molecule has 1 aromatic rings. The van der Waals surface area contributed by atoms with Crippen LogP contribution in [0.2, 0.25) is 0 Å². The molecule has 0 N–H and O–H groups in total. The number of anilines is 1. The zero-order valence-electron chi connectivity index (χ0n) is 13.7. The van der Waals surface area contributed by atoms with Gasteiger partial charge in [0.1, 0.15) is 10.7 Å². The van der Waals surface area contributed by atoms with Gasteiger partial charge in [0.25, 0.3) is 0 Å². The molecule has 1 aliphatic heterocycles. The summed E-state index contributed by atoms with van der Waals surface area (Å²) in [6.45, 7) is 10.2. The van der Waals surface area contributed by atoms with E-state index in [0.29, 0.717) is 13.1 Å². The van der Waals surface area contributed by atoms with Crippen molar-refractivity contribution in [3.05, 3.63) is 18.3 Å². The first kappa shape index (κ1) is 17.2. The van der Waals surface area contributed by atoms with Gasteiger partial charge in [0.2, 0.25) is 10.0 Å². The van der Waals surface area contributed by atoms with E-state index < -0.39 is 10.0 Å². The molecule has 0 radical (unpaired) electrons. The van der Waals surface area contributed by atoms with Gasteiger partial charge in [0, 0.05) is 32.4 Å². The van der Waals surface area contributed by atoms with E-state index in [1.807, 2.05) is 27.7 Å². The highest BCUT2D eigenvalue weighted by molar-refractivity contribution is 7.89. The maximum absolute atomic E-state index is 12.4. The minimum atomic E-state index is -3.44. The number of pyridine rings is 1.